The van der Waals surface area contributed by atoms with Crippen LogP contribution in [0.2, 0.25) is 0 Å². The van der Waals surface area contributed by atoms with Crippen LogP contribution in [0, 0.1) is 0 Å². The molecule has 1 aliphatic heterocycles. The Labute approximate surface area is 289 Å². The third kappa shape index (κ3) is 3.82. The molecule has 0 spiro atoms. The minimum atomic E-state index is 1.24. The molecule has 1 heterocycles. The maximum absolute atomic E-state index is 2.43. The normalized spacial score (nSPS) is 12.4. The van der Waals surface area contributed by atoms with Gasteiger partial charge in [-0.2, -0.15) is 0 Å². The first-order valence-corrected chi connectivity index (χ1v) is 17.8. The van der Waals surface area contributed by atoms with E-state index in [0.29, 0.717) is 0 Å². The van der Waals surface area contributed by atoms with E-state index in [1.54, 1.807) is 0 Å². The molecule has 0 N–H and O–H groups in total. The van der Waals surface area contributed by atoms with Gasteiger partial charge < -0.3 is 0 Å². The Kier molecular flexibility index (Phi) is 5.70. The number of benzene rings is 9. The Morgan fingerprint density at radius 1 is 0.286 bits per heavy atom. The number of hydrogen-bond acceptors (Lipinski definition) is 1. The summed E-state index contributed by atoms with van der Waals surface area (Å²) in [6.07, 6.45) is 0. The lowest BCUT2D eigenvalue weighted by Crippen LogP contribution is -1.95. The maximum atomic E-state index is 2.43. The predicted octanol–water partition coefficient (Wildman–Crippen LogP) is 13.9. The molecule has 0 atom stereocenters. The molecule has 0 unspecified atom stereocenters. The lowest BCUT2D eigenvalue weighted by molar-refractivity contribution is 1.40. The minimum absolute atomic E-state index is 1.24. The fraction of sp³-hybridized carbons (Fsp3) is 0. The maximum Gasteiger partial charge on any atom is 0.0207 e. The number of hydrogen-bond donors (Lipinski definition) is 0. The molecule has 0 fully saturated rings. The third-order valence-electron chi connectivity index (χ3n) is 10.6. The van der Waals surface area contributed by atoms with Gasteiger partial charge in [0.2, 0.25) is 0 Å². The first-order valence-electron chi connectivity index (χ1n) is 16.9. The molecule has 0 saturated carbocycles. The molecule has 0 nitrogen and oxygen atoms in total. The summed E-state index contributed by atoms with van der Waals surface area (Å²) in [5, 5.41) is 7.88. The highest BCUT2D eigenvalue weighted by atomic mass is 32.2. The number of fused-ring (bicyclic) bond motifs is 6. The first kappa shape index (κ1) is 27.1. The van der Waals surface area contributed by atoms with E-state index < -0.39 is 0 Å². The van der Waals surface area contributed by atoms with Gasteiger partial charge in [-0.1, -0.05) is 163 Å². The lowest BCUT2D eigenvalue weighted by Gasteiger charge is -2.22. The largest absolute Gasteiger partial charge is 0.0888 e. The minimum Gasteiger partial charge on any atom is -0.0888 e. The van der Waals surface area contributed by atoms with Gasteiger partial charge in [0.15, 0.2) is 0 Å². The van der Waals surface area contributed by atoms with Gasteiger partial charge in [0.1, 0.15) is 0 Å². The summed E-state index contributed by atoms with van der Waals surface area (Å²) in [5.74, 6) is 0. The van der Waals surface area contributed by atoms with Gasteiger partial charge in [-0.3, -0.25) is 0 Å². The summed E-state index contributed by atoms with van der Waals surface area (Å²) >= 11 is 1.88. The van der Waals surface area contributed by atoms with Gasteiger partial charge in [0, 0.05) is 15.2 Å². The monoisotopic (exact) mass is 636 g/mol. The molecule has 0 radical (unpaired) electrons. The smallest absolute Gasteiger partial charge is 0.0207 e. The fourth-order valence-corrected chi connectivity index (χ4v) is 9.74. The average molecular weight is 637 g/mol. The second-order valence-corrected chi connectivity index (χ2v) is 14.2. The van der Waals surface area contributed by atoms with E-state index in [2.05, 4.69) is 170 Å². The molecule has 11 rings (SSSR count). The second-order valence-electron chi connectivity index (χ2n) is 13.1. The van der Waals surface area contributed by atoms with Crippen LogP contribution in [0.5, 0.6) is 0 Å². The molecule has 0 amide bonds. The van der Waals surface area contributed by atoms with Crippen molar-refractivity contribution in [2.45, 2.75) is 9.79 Å². The van der Waals surface area contributed by atoms with Crippen molar-refractivity contribution in [3.8, 4) is 66.8 Å². The topological polar surface area (TPSA) is 0 Å². The van der Waals surface area contributed by atoms with Gasteiger partial charge in [0.25, 0.3) is 0 Å². The Morgan fingerprint density at radius 3 is 1.65 bits per heavy atom. The summed E-state index contributed by atoms with van der Waals surface area (Å²) in [6.45, 7) is 0. The van der Waals surface area contributed by atoms with Crippen LogP contribution in [-0.4, -0.2) is 0 Å². The van der Waals surface area contributed by atoms with Crippen LogP contribution < -0.4 is 0 Å². The highest BCUT2D eigenvalue weighted by Gasteiger charge is 2.30. The summed E-state index contributed by atoms with van der Waals surface area (Å²) in [7, 11) is 0. The molecular formula is C48H28S. The Morgan fingerprint density at radius 2 is 0.857 bits per heavy atom. The standard InChI is InChI=1S/C48H28S/c1-2-12-30(13-3-1)44-37-19-4-5-20-38(37)45(48-40-24-10-15-29-14-9-23-39(43(29)40)47(44)48)32-17-8-16-31(28-32)33-26-27-42-46-35(33)21-11-22-36(46)34-18-6-7-25-41(34)49-42/h1-28H. The quantitative estimate of drug-likeness (QED) is 0.186. The van der Waals surface area contributed by atoms with Crippen molar-refractivity contribution < 1.29 is 0 Å². The van der Waals surface area contributed by atoms with Crippen molar-refractivity contribution in [1.82, 2.24) is 0 Å². The highest BCUT2D eigenvalue weighted by Crippen LogP contribution is 2.58. The molecule has 226 valence electrons. The van der Waals surface area contributed by atoms with Crippen molar-refractivity contribution in [3.63, 3.8) is 0 Å². The zero-order valence-electron chi connectivity index (χ0n) is 26.6. The van der Waals surface area contributed by atoms with Gasteiger partial charge in [-0.05, 0) is 112 Å². The zero-order valence-corrected chi connectivity index (χ0v) is 27.4. The molecular weight excluding hydrogens is 609 g/mol. The van der Waals surface area contributed by atoms with Crippen molar-refractivity contribution >= 4 is 44.1 Å². The van der Waals surface area contributed by atoms with Gasteiger partial charge in [-0.15, -0.1) is 0 Å². The van der Waals surface area contributed by atoms with Crippen molar-refractivity contribution in [2.75, 3.05) is 0 Å². The van der Waals surface area contributed by atoms with Crippen LogP contribution in [0.15, 0.2) is 180 Å². The van der Waals surface area contributed by atoms with Crippen LogP contribution in [0.3, 0.4) is 0 Å². The van der Waals surface area contributed by atoms with Crippen LogP contribution in [0.25, 0.3) is 99.1 Å². The second kappa shape index (κ2) is 10.3. The van der Waals surface area contributed by atoms with Crippen LogP contribution in [0.4, 0.5) is 0 Å². The van der Waals surface area contributed by atoms with Crippen LogP contribution >= 0.6 is 11.8 Å². The van der Waals surface area contributed by atoms with E-state index in [1.807, 2.05) is 11.8 Å². The lowest BCUT2D eigenvalue weighted by atomic mass is 9.82. The van der Waals surface area contributed by atoms with Gasteiger partial charge >= 0.3 is 0 Å². The van der Waals surface area contributed by atoms with Gasteiger partial charge in [-0.25, -0.2) is 0 Å². The summed E-state index contributed by atoms with van der Waals surface area (Å²) in [5.41, 5.74) is 15.6. The van der Waals surface area contributed by atoms with E-state index in [1.165, 1.54) is 109 Å². The Bertz CT molecular complexity index is 2840. The molecule has 1 heteroatoms. The fourth-order valence-electron chi connectivity index (χ4n) is 8.61. The molecule has 2 aliphatic rings. The van der Waals surface area contributed by atoms with Crippen molar-refractivity contribution in [1.29, 1.82) is 0 Å². The predicted molar refractivity (Wildman–Crippen MR) is 209 cm³/mol. The molecule has 1 aliphatic carbocycles. The summed E-state index contributed by atoms with van der Waals surface area (Å²) < 4.78 is 0. The Hall–Kier alpha value is -5.89. The first-order chi connectivity index (χ1) is 24.3. The summed E-state index contributed by atoms with van der Waals surface area (Å²) in [6, 6.07) is 63.1. The zero-order chi connectivity index (χ0) is 32.1. The molecule has 9 aromatic rings. The van der Waals surface area contributed by atoms with Crippen LogP contribution in [0.1, 0.15) is 0 Å². The van der Waals surface area contributed by atoms with Crippen molar-refractivity contribution in [3.05, 3.63) is 170 Å². The highest BCUT2D eigenvalue weighted by molar-refractivity contribution is 7.99. The molecule has 49 heavy (non-hydrogen) atoms. The molecule has 0 aromatic heterocycles. The summed E-state index contributed by atoms with van der Waals surface area (Å²) in [4.78, 5) is 2.66. The van der Waals surface area contributed by atoms with Gasteiger partial charge in [0.05, 0.1) is 0 Å². The molecule has 9 aromatic carbocycles. The molecule has 0 saturated heterocycles. The SMILES string of the molecule is c1ccc(-c2c3c(c(-c4cccc(-c5ccc6c7c(cccc57)-c5ccccc5S6)c4)c4ccccc24)-c2cccc4cccc-3c24)cc1. The van der Waals surface area contributed by atoms with E-state index in [9.17, 15) is 0 Å². The van der Waals surface area contributed by atoms with E-state index in [0.717, 1.165) is 0 Å². The van der Waals surface area contributed by atoms with Crippen molar-refractivity contribution in [2.24, 2.45) is 0 Å². The van der Waals surface area contributed by atoms with E-state index >= 15 is 0 Å². The third-order valence-corrected chi connectivity index (χ3v) is 11.7. The molecule has 0 bridgehead atoms. The van der Waals surface area contributed by atoms with E-state index in [-0.39, 0.29) is 0 Å². The average Bonchev–Trinajstić information content (AvgIpc) is 3.49. The number of rotatable bonds is 3. The van der Waals surface area contributed by atoms with E-state index in [4.69, 9.17) is 0 Å². The van der Waals surface area contributed by atoms with Crippen LogP contribution in [-0.2, 0) is 0 Å². The Balaban J connectivity index is 1.21.